The second kappa shape index (κ2) is 5.45. The highest BCUT2D eigenvalue weighted by atomic mass is 16.6. The fraction of sp³-hybridized carbons (Fsp3) is 0.750. The summed E-state index contributed by atoms with van der Waals surface area (Å²) in [7, 11) is 0. The zero-order chi connectivity index (χ0) is 13.1. The highest BCUT2D eigenvalue weighted by Crippen LogP contribution is 2.16. The van der Waals surface area contributed by atoms with Gasteiger partial charge in [-0.25, -0.2) is 9.59 Å². The van der Waals surface area contributed by atoms with Gasteiger partial charge >= 0.3 is 5.97 Å². The first-order chi connectivity index (χ1) is 7.83. The molecule has 5 nitrogen and oxygen atoms in total. The van der Waals surface area contributed by atoms with E-state index in [2.05, 4.69) is 0 Å². The average molecular weight is 242 g/mol. The maximum absolute atomic E-state index is 11.8. The summed E-state index contributed by atoms with van der Waals surface area (Å²) in [6.45, 7) is 7.67. The number of carbonyl (C=O) groups excluding carboxylic acids is 2. The third-order valence-corrected chi connectivity index (χ3v) is 2.03. The van der Waals surface area contributed by atoms with Crippen molar-refractivity contribution in [3.8, 4) is 0 Å². The lowest BCUT2D eigenvalue weighted by molar-refractivity contribution is -0.166. The lowest BCUT2D eigenvalue weighted by Crippen LogP contribution is -2.35. The molecule has 0 aromatic carbocycles. The number of rotatable bonds is 5. The second-order valence-corrected chi connectivity index (χ2v) is 4.99. The topological polar surface area (TPSA) is 65.1 Å². The Morgan fingerprint density at radius 2 is 2.12 bits per heavy atom. The predicted molar refractivity (Wildman–Crippen MR) is 60.2 cm³/mol. The van der Waals surface area contributed by atoms with Gasteiger partial charge in [-0.2, -0.15) is 0 Å². The van der Waals surface area contributed by atoms with Gasteiger partial charge in [0.1, 0.15) is 17.6 Å². The zero-order valence-corrected chi connectivity index (χ0v) is 10.6. The van der Waals surface area contributed by atoms with Crippen molar-refractivity contribution in [3.05, 3.63) is 5.57 Å². The monoisotopic (exact) mass is 242 g/mol. The van der Waals surface area contributed by atoms with Crippen LogP contribution < -0.4 is 0 Å². The van der Waals surface area contributed by atoms with Crippen LogP contribution in [0.2, 0.25) is 0 Å². The van der Waals surface area contributed by atoms with Crippen LogP contribution in [0, 0.1) is 0 Å². The summed E-state index contributed by atoms with van der Waals surface area (Å²) < 4.78 is 15.5. The molecule has 0 aromatic rings. The fourth-order valence-corrected chi connectivity index (χ4v) is 1.15. The third-order valence-electron chi connectivity index (χ3n) is 2.03. The SMILES string of the molecule is CC(=C=O)C(OCC1CO1)C(=O)OC(C)(C)C. The van der Waals surface area contributed by atoms with Crippen molar-refractivity contribution >= 4 is 11.9 Å². The predicted octanol–water partition coefficient (Wildman–Crippen LogP) is 0.890. The van der Waals surface area contributed by atoms with Crippen LogP contribution in [0.3, 0.4) is 0 Å². The highest BCUT2D eigenvalue weighted by molar-refractivity contribution is 5.81. The molecule has 2 atom stereocenters. The summed E-state index contributed by atoms with van der Waals surface area (Å²) >= 11 is 0. The average Bonchev–Trinajstić information content (AvgIpc) is 2.98. The maximum atomic E-state index is 11.8. The number of hydrogen-bond donors (Lipinski definition) is 0. The van der Waals surface area contributed by atoms with Gasteiger partial charge < -0.3 is 14.2 Å². The van der Waals surface area contributed by atoms with E-state index in [9.17, 15) is 9.59 Å². The molecule has 17 heavy (non-hydrogen) atoms. The Labute approximate surface area is 101 Å². The van der Waals surface area contributed by atoms with E-state index in [-0.39, 0.29) is 18.3 Å². The Morgan fingerprint density at radius 3 is 2.53 bits per heavy atom. The Kier molecular flexibility index (Phi) is 4.46. The van der Waals surface area contributed by atoms with E-state index in [0.717, 1.165) is 0 Å². The molecule has 5 heteroatoms. The van der Waals surface area contributed by atoms with Crippen molar-refractivity contribution < 1.29 is 23.8 Å². The van der Waals surface area contributed by atoms with Gasteiger partial charge in [-0.15, -0.1) is 0 Å². The molecule has 1 saturated heterocycles. The summed E-state index contributed by atoms with van der Waals surface area (Å²) in [5.41, 5.74) is -0.433. The molecule has 0 radical (unpaired) electrons. The molecular weight excluding hydrogens is 224 g/mol. The quantitative estimate of drug-likeness (QED) is 0.407. The molecule has 1 rings (SSSR count). The molecule has 2 unspecified atom stereocenters. The van der Waals surface area contributed by atoms with Crippen LogP contribution in [0.5, 0.6) is 0 Å². The number of hydrogen-bond acceptors (Lipinski definition) is 5. The molecule has 1 heterocycles. The minimum absolute atomic E-state index is 0.0272. The van der Waals surface area contributed by atoms with Crippen LogP contribution in [0.1, 0.15) is 27.7 Å². The largest absolute Gasteiger partial charge is 0.458 e. The second-order valence-electron chi connectivity index (χ2n) is 4.99. The summed E-state index contributed by atoms with van der Waals surface area (Å²) in [5.74, 6) is 1.11. The van der Waals surface area contributed by atoms with E-state index in [1.54, 1.807) is 26.7 Å². The standard InChI is InChI=1S/C12H18O5/c1-8(5-13)10(16-7-9-6-15-9)11(14)17-12(2,3)4/h9-10H,6-7H2,1-4H3. The maximum Gasteiger partial charge on any atom is 0.340 e. The molecule has 1 aliphatic heterocycles. The number of ether oxygens (including phenoxy) is 3. The van der Waals surface area contributed by atoms with Crippen LogP contribution in [0.25, 0.3) is 0 Å². The van der Waals surface area contributed by atoms with Gasteiger partial charge in [0.2, 0.25) is 0 Å². The molecule has 1 fully saturated rings. The molecule has 0 aromatic heterocycles. The minimum Gasteiger partial charge on any atom is -0.458 e. The van der Waals surface area contributed by atoms with Crippen LogP contribution in [0.15, 0.2) is 5.57 Å². The highest BCUT2D eigenvalue weighted by Gasteiger charge is 2.31. The van der Waals surface area contributed by atoms with E-state index in [1.807, 2.05) is 0 Å². The number of carbonyl (C=O) groups is 1. The molecule has 0 saturated carbocycles. The van der Waals surface area contributed by atoms with Gasteiger partial charge in [0.05, 0.1) is 18.8 Å². The Bertz CT molecular complexity index is 331. The van der Waals surface area contributed by atoms with Gasteiger partial charge in [0.25, 0.3) is 0 Å². The van der Waals surface area contributed by atoms with Crippen molar-refractivity contribution in [2.24, 2.45) is 0 Å². The van der Waals surface area contributed by atoms with Gasteiger partial charge in [-0.05, 0) is 27.7 Å². The van der Waals surface area contributed by atoms with Crippen molar-refractivity contribution in [1.29, 1.82) is 0 Å². The van der Waals surface area contributed by atoms with E-state index < -0.39 is 17.7 Å². The lowest BCUT2D eigenvalue weighted by atomic mass is 10.1. The van der Waals surface area contributed by atoms with Crippen molar-refractivity contribution in [3.63, 3.8) is 0 Å². The normalized spacial score (nSPS) is 20.4. The Balaban J connectivity index is 2.60. The molecule has 0 bridgehead atoms. The van der Waals surface area contributed by atoms with Crippen molar-refractivity contribution in [2.45, 2.75) is 45.5 Å². The van der Waals surface area contributed by atoms with E-state index >= 15 is 0 Å². The van der Waals surface area contributed by atoms with Gasteiger partial charge in [0, 0.05) is 0 Å². The van der Waals surface area contributed by atoms with Crippen LogP contribution in [-0.4, -0.2) is 42.9 Å². The molecule has 0 N–H and O–H groups in total. The summed E-state index contributed by atoms with van der Waals surface area (Å²) in [6, 6.07) is 0. The fourth-order valence-electron chi connectivity index (χ4n) is 1.15. The summed E-state index contributed by atoms with van der Waals surface area (Å²) in [6.07, 6.45) is -0.963. The van der Waals surface area contributed by atoms with Crippen LogP contribution >= 0.6 is 0 Å². The lowest BCUT2D eigenvalue weighted by Gasteiger charge is -2.23. The molecule has 0 aliphatic carbocycles. The molecule has 96 valence electrons. The first-order valence-electron chi connectivity index (χ1n) is 5.51. The van der Waals surface area contributed by atoms with Gasteiger partial charge in [-0.3, -0.25) is 0 Å². The summed E-state index contributed by atoms with van der Waals surface area (Å²) in [4.78, 5) is 22.4. The summed E-state index contributed by atoms with van der Waals surface area (Å²) in [5, 5.41) is 0. The van der Waals surface area contributed by atoms with E-state index in [1.165, 1.54) is 6.92 Å². The zero-order valence-electron chi connectivity index (χ0n) is 10.6. The van der Waals surface area contributed by atoms with E-state index in [4.69, 9.17) is 14.2 Å². The number of epoxide rings is 1. The molecule has 1 aliphatic rings. The minimum atomic E-state index is -0.990. The third kappa shape index (κ3) is 5.13. The van der Waals surface area contributed by atoms with Crippen LogP contribution in [0.4, 0.5) is 0 Å². The first kappa shape index (κ1) is 13.9. The van der Waals surface area contributed by atoms with Crippen molar-refractivity contribution in [1.82, 2.24) is 0 Å². The Morgan fingerprint density at radius 1 is 1.53 bits per heavy atom. The van der Waals surface area contributed by atoms with Crippen LogP contribution in [-0.2, 0) is 23.8 Å². The Hall–Kier alpha value is -1.16. The van der Waals surface area contributed by atoms with Crippen molar-refractivity contribution in [2.75, 3.05) is 13.2 Å². The molecule has 0 amide bonds. The first-order valence-corrected chi connectivity index (χ1v) is 5.51. The molecular formula is C12H18O5. The van der Waals surface area contributed by atoms with E-state index in [0.29, 0.717) is 6.61 Å². The molecule has 0 spiro atoms. The number of esters is 1. The van der Waals surface area contributed by atoms with Gasteiger partial charge in [0.15, 0.2) is 6.10 Å². The smallest absolute Gasteiger partial charge is 0.340 e. The van der Waals surface area contributed by atoms with Gasteiger partial charge in [-0.1, -0.05) is 0 Å².